The Bertz CT molecular complexity index is 1130. The Morgan fingerprint density at radius 3 is 2.66 bits per heavy atom. The van der Waals surface area contributed by atoms with E-state index >= 15 is 0 Å². The summed E-state index contributed by atoms with van der Waals surface area (Å²) in [6.45, 7) is 5.34. The molecule has 0 spiro atoms. The van der Waals surface area contributed by atoms with Gasteiger partial charge in [-0.15, -0.1) is 10.2 Å². The van der Waals surface area contributed by atoms with E-state index in [1.165, 1.54) is 23.1 Å². The minimum absolute atomic E-state index is 0.0474. The van der Waals surface area contributed by atoms with Crippen molar-refractivity contribution in [3.8, 4) is 17.0 Å². The van der Waals surface area contributed by atoms with Gasteiger partial charge in [-0.2, -0.15) is 0 Å². The fourth-order valence-corrected chi connectivity index (χ4v) is 5.35. The molecule has 0 saturated carbocycles. The number of anilines is 2. The summed E-state index contributed by atoms with van der Waals surface area (Å²) in [4.78, 5) is 18.3. The number of nitrogens with one attached hydrogen (secondary N) is 2. The number of amides is 2. The molecule has 2 amide bonds. The minimum atomic E-state index is -2.77. The average molecular weight is 492 g/mol. The number of para-hydroxylation sites is 1. The monoisotopic (exact) mass is 491 g/mol. The fraction of sp³-hybridized carbons (Fsp3) is 0.522. The van der Waals surface area contributed by atoms with Crippen molar-refractivity contribution in [2.24, 2.45) is 0 Å². The van der Waals surface area contributed by atoms with Gasteiger partial charge in [0.15, 0.2) is 17.4 Å². The van der Waals surface area contributed by atoms with E-state index in [1.54, 1.807) is 9.80 Å². The number of nitrogens with zero attached hydrogens (tertiary/aromatic N) is 5. The maximum atomic E-state index is 14.7. The molecule has 9 nitrogen and oxygen atoms in total. The smallest absolute Gasteiger partial charge is 0.320 e. The van der Waals surface area contributed by atoms with Gasteiger partial charge in [-0.3, -0.25) is 0 Å². The molecule has 5 rings (SSSR count). The number of benzene rings is 1. The number of alkyl halides is 2. The number of aromatic hydroxyl groups is 1. The number of rotatable bonds is 2. The molecule has 2 fully saturated rings. The van der Waals surface area contributed by atoms with E-state index in [4.69, 9.17) is 0 Å². The summed E-state index contributed by atoms with van der Waals surface area (Å²) in [5.74, 6) is -1.07. The Balaban J connectivity index is 1.48. The predicted octanol–water partition coefficient (Wildman–Crippen LogP) is 2.34. The molecule has 2 aromatic rings. The molecule has 3 aliphatic rings. The number of hydrogen-bond donors (Lipinski definition) is 3. The van der Waals surface area contributed by atoms with Gasteiger partial charge in [-0.05, 0) is 32.0 Å². The van der Waals surface area contributed by atoms with Gasteiger partial charge in [0, 0.05) is 50.4 Å². The lowest BCUT2D eigenvalue weighted by Gasteiger charge is -2.54. The lowest BCUT2D eigenvalue weighted by molar-refractivity contribution is 0.0137. The summed E-state index contributed by atoms with van der Waals surface area (Å²) in [5, 5.41) is 24.5. The summed E-state index contributed by atoms with van der Waals surface area (Å²) in [5.41, 5.74) is -1.02. The number of phenols is 1. The first-order valence-corrected chi connectivity index (χ1v) is 11.7. The van der Waals surface area contributed by atoms with Gasteiger partial charge in [-0.25, -0.2) is 18.0 Å². The Kier molecular flexibility index (Phi) is 5.86. The van der Waals surface area contributed by atoms with Crippen molar-refractivity contribution in [3.63, 3.8) is 0 Å². The molecule has 0 radical (unpaired) electrons. The molecule has 0 aliphatic carbocycles. The molecular formula is C23H28F3N7O2. The number of urea groups is 1. The van der Waals surface area contributed by atoms with E-state index in [1.807, 2.05) is 13.8 Å². The van der Waals surface area contributed by atoms with Gasteiger partial charge in [0.1, 0.15) is 5.54 Å². The maximum Gasteiger partial charge on any atom is 0.320 e. The molecule has 0 unspecified atom stereocenters. The van der Waals surface area contributed by atoms with E-state index in [9.17, 15) is 23.1 Å². The largest absolute Gasteiger partial charge is 0.504 e. The first kappa shape index (κ1) is 23.5. The minimum Gasteiger partial charge on any atom is -0.504 e. The number of aromatic nitrogens is 2. The van der Waals surface area contributed by atoms with Crippen LogP contribution in [0.4, 0.5) is 29.5 Å². The third-order valence-electron chi connectivity index (χ3n) is 7.21. The number of carbonyl (C=O) groups is 1. The lowest BCUT2D eigenvalue weighted by Crippen LogP contribution is -2.73. The van der Waals surface area contributed by atoms with Crippen LogP contribution in [0.2, 0.25) is 0 Å². The van der Waals surface area contributed by atoms with E-state index in [-0.39, 0.29) is 55.6 Å². The van der Waals surface area contributed by atoms with Gasteiger partial charge >= 0.3 is 6.03 Å². The summed E-state index contributed by atoms with van der Waals surface area (Å²) >= 11 is 0. The highest BCUT2D eigenvalue weighted by Crippen LogP contribution is 2.42. The Hall–Kier alpha value is -3.28. The Morgan fingerprint density at radius 1 is 1.20 bits per heavy atom. The van der Waals surface area contributed by atoms with Crippen molar-refractivity contribution in [2.45, 2.75) is 37.9 Å². The third kappa shape index (κ3) is 3.79. The molecular weight excluding hydrogens is 463 g/mol. The zero-order valence-electron chi connectivity index (χ0n) is 19.5. The van der Waals surface area contributed by atoms with Crippen molar-refractivity contribution in [1.82, 2.24) is 25.3 Å². The van der Waals surface area contributed by atoms with Crippen molar-refractivity contribution in [1.29, 1.82) is 0 Å². The number of piperazine rings is 2. The fourth-order valence-electron chi connectivity index (χ4n) is 5.35. The number of halogens is 3. The normalized spacial score (nSPS) is 26.3. The van der Waals surface area contributed by atoms with Crippen molar-refractivity contribution < 1.29 is 23.1 Å². The van der Waals surface area contributed by atoms with Crippen LogP contribution in [0.1, 0.15) is 13.8 Å². The van der Waals surface area contributed by atoms with Gasteiger partial charge in [0.25, 0.3) is 6.43 Å². The highest BCUT2D eigenvalue weighted by atomic mass is 19.3. The summed E-state index contributed by atoms with van der Waals surface area (Å²) in [6, 6.07) is 5.22. The van der Waals surface area contributed by atoms with E-state index in [0.717, 1.165) is 6.07 Å². The first-order valence-electron chi connectivity index (χ1n) is 11.7. The molecule has 1 aromatic carbocycles. The number of fused-ring (bicyclic) bond motifs is 3. The highest BCUT2D eigenvalue weighted by molar-refractivity contribution is 5.79. The summed E-state index contributed by atoms with van der Waals surface area (Å²) in [6.07, 6.45) is -2.77. The van der Waals surface area contributed by atoms with Gasteiger partial charge < -0.3 is 30.4 Å². The number of carbonyl (C=O) groups excluding carboxylic acids is 1. The van der Waals surface area contributed by atoms with Crippen molar-refractivity contribution in [3.05, 3.63) is 30.1 Å². The second-order valence-corrected chi connectivity index (χ2v) is 9.48. The Labute approximate surface area is 200 Å². The third-order valence-corrected chi connectivity index (χ3v) is 7.21. The Morgan fingerprint density at radius 2 is 1.94 bits per heavy atom. The van der Waals surface area contributed by atoms with Crippen LogP contribution in [0.25, 0.3) is 11.3 Å². The summed E-state index contributed by atoms with van der Waals surface area (Å²) in [7, 11) is 0. The van der Waals surface area contributed by atoms with Crippen LogP contribution in [0.15, 0.2) is 24.3 Å². The molecule has 35 heavy (non-hydrogen) atoms. The second kappa shape index (κ2) is 8.74. The van der Waals surface area contributed by atoms with E-state index in [0.29, 0.717) is 24.6 Å². The SMILES string of the molecule is C[C@@H]1CNC[C@@H](C)N1C(=O)N1CCN2c3cc(-c4cccc(F)c4O)nnc3NC[C@]2(C(F)F)C1. The molecule has 0 bridgehead atoms. The van der Waals surface area contributed by atoms with E-state index < -0.39 is 23.5 Å². The number of phenolic OH excluding ortho intramolecular Hbond substituents is 1. The van der Waals surface area contributed by atoms with Crippen LogP contribution in [0.5, 0.6) is 5.75 Å². The molecule has 12 heteroatoms. The molecule has 4 heterocycles. The van der Waals surface area contributed by atoms with Crippen LogP contribution in [0, 0.1) is 5.82 Å². The zero-order chi connectivity index (χ0) is 24.9. The maximum absolute atomic E-state index is 14.7. The summed E-state index contributed by atoms with van der Waals surface area (Å²) < 4.78 is 43.4. The van der Waals surface area contributed by atoms with Crippen LogP contribution in [-0.2, 0) is 0 Å². The molecule has 1 aromatic heterocycles. The quantitative estimate of drug-likeness (QED) is 0.594. The van der Waals surface area contributed by atoms with Crippen LogP contribution in [-0.4, -0.2) is 94.5 Å². The van der Waals surface area contributed by atoms with Gasteiger partial charge in [0.2, 0.25) is 0 Å². The molecule has 3 atom stereocenters. The molecule has 188 valence electrons. The van der Waals surface area contributed by atoms with Crippen LogP contribution >= 0.6 is 0 Å². The lowest BCUT2D eigenvalue weighted by atomic mass is 9.90. The highest BCUT2D eigenvalue weighted by Gasteiger charge is 2.53. The standard InChI is InChI=1S/C23H28F3N7O2/c1-13-9-27-10-14(2)33(13)22(35)31-6-7-32-18-8-17(15-4-3-5-16(24)19(15)34)29-30-20(18)28-11-23(32,12-31)21(25)26/h3-5,8,13-14,21,27,34H,6-7,9-12H2,1-2H3,(H,28,30)/t13-,14-,23-/m1/s1. The van der Waals surface area contributed by atoms with E-state index in [2.05, 4.69) is 20.8 Å². The van der Waals surface area contributed by atoms with Crippen LogP contribution < -0.4 is 15.5 Å². The van der Waals surface area contributed by atoms with Gasteiger partial charge in [0.05, 0.1) is 17.9 Å². The molecule has 3 N–H and O–H groups in total. The molecule has 3 aliphatic heterocycles. The second-order valence-electron chi connectivity index (χ2n) is 9.48. The average Bonchev–Trinajstić information content (AvgIpc) is 2.84. The number of hydrogen-bond acceptors (Lipinski definition) is 7. The first-order chi connectivity index (χ1) is 16.7. The van der Waals surface area contributed by atoms with Crippen molar-refractivity contribution >= 4 is 17.5 Å². The predicted molar refractivity (Wildman–Crippen MR) is 124 cm³/mol. The molecule has 2 saturated heterocycles. The van der Waals surface area contributed by atoms with Gasteiger partial charge in [-0.1, -0.05) is 6.07 Å². The topological polar surface area (TPSA) is 96.9 Å². The van der Waals surface area contributed by atoms with Crippen molar-refractivity contribution in [2.75, 3.05) is 49.5 Å². The zero-order valence-corrected chi connectivity index (χ0v) is 19.5. The van der Waals surface area contributed by atoms with Crippen LogP contribution in [0.3, 0.4) is 0 Å².